The third kappa shape index (κ3) is 1.96. The number of nitrogens with one attached hydrogen (secondary N) is 1. The van der Waals surface area contributed by atoms with Crippen LogP contribution in [0.5, 0.6) is 0 Å². The van der Waals surface area contributed by atoms with Gasteiger partial charge in [-0.05, 0) is 12.8 Å². The summed E-state index contributed by atoms with van der Waals surface area (Å²) in [5, 5.41) is 2.79. The Labute approximate surface area is 75.1 Å². The summed E-state index contributed by atoms with van der Waals surface area (Å²) in [6, 6.07) is -1.05. The Kier molecular flexibility index (Phi) is 2.23. The SMILES string of the molecule is FC(F)(F)C1CNCCN1C1CC1. The predicted octanol–water partition coefficient (Wildman–Crippen LogP) is 0.985. The topological polar surface area (TPSA) is 15.3 Å². The molecule has 5 heteroatoms. The van der Waals surface area contributed by atoms with Crippen molar-refractivity contribution >= 4 is 0 Å². The van der Waals surface area contributed by atoms with Gasteiger partial charge in [-0.1, -0.05) is 0 Å². The molecule has 1 unspecified atom stereocenters. The van der Waals surface area contributed by atoms with Crippen LogP contribution in [0.2, 0.25) is 0 Å². The van der Waals surface area contributed by atoms with Gasteiger partial charge in [-0.25, -0.2) is 0 Å². The summed E-state index contributed by atoms with van der Waals surface area (Å²) in [5.41, 5.74) is 0. The molecule has 0 amide bonds. The van der Waals surface area contributed by atoms with Gasteiger partial charge in [0.15, 0.2) is 0 Å². The Bertz CT molecular complexity index is 188. The zero-order valence-corrected chi connectivity index (χ0v) is 7.27. The lowest BCUT2D eigenvalue weighted by Crippen LogP contribution is -2.58. The number of rotatable bonds is 1. The van der Waals surface area contributed by atoms with Crippen LogP contribution in [0.1, 0.15) is 12.8 Å². The summed E-state index contributed by atoms with van der Waals surface area (Å²) in [6.07, 6.45) is -2.20. The Morgan fingerprint density at radius 1 is 1.23 bits per heavy atom. The van der Waals surface area contributed by atoms with Crippen molar-refractivity contribution in [1.29, 1.82) is 0 Å². The molecule has 0 aromatic carbocycles. The van der Waals surface area contributed by atoms with Crippen LogP contribution in [0.15, 0.2) is 0 Å². The van der Waals surface area contributed by atoms with Crippen LogP contribution in [-0.2, 0) is 0 Å². The van der Waals surface area contributed by atoms with Gasteiger partial charge in [-0.3, -0.25) is 4.90 Å². The average Bonchev–Trinajstić information content (AvgIpc) is 2.85. The van der Waals surface area contributed by atoms with Crippen molar-refractivity contribution in [1.82, 2.24) is 10.2 Å². The minimum absolute atomic E-state index is 0.0556. The number of hydrogen-bond acceptors (Lipinski definition) is 2. The highest BCUT2D eigenvalue weighted by molar-refractivity contribution is 4.94. The first kappa shape index (κ1) is 9.27. The van der Waals surface area contributed by atoms with Crippen LogP contribution in [0, 0.1) is 0 Å². The summed E-state index contributed by atoms with van der Waals surface area (Å²) < 4.78 is 37.5. The molecule has 1 saturated carbocycles. The van der Waals surface area contributed by atoms with Gasteiger partial charge in [0.2, 0.25) is 0 Å². The van der Waals surface area contributed by atoms with E-state index in [-0.39, 0.29) is 12.6 Å². The van der Waals surface area contributed by atoms with Crippen molar-refractivity contribution in [3.8, 4) is 0 Å². The van der Waals surface area contributed by atoms with E-state index in [1.54, 1.807) is 4.90 Å². The van der Waals surface area contributed by atoms with Gasteiger partial charge in [0.25, 0.3) is 0 Å². The summed E-state index contributed by atoms with van der Waals surface area (Å²) in [5.74, 6) is 0. The van der Waals surface area contributed by atoms with Crippen LogP contribution in [0.25, 0.3) is 0 Å². The largest absolute Gasteiger partial charge is 0.405 e. The molecular weight excluding hydrogens is 181 g/mol. The molecule has 2 aliphatic rings. The average molecular weight is 194 g/mol. The molecule has 0 spiro atoms. The summed E-state index contributed by atoms with van der Waals surface area (Å²) in [6.45, 7) is 1.28. The van der Waals surface area contributed by atoms with Gasteiger partial charge in [-0.2, -0.15) is 13.2 Å². The van der Waals surface area contributed by atoms with Crippen LogP contribution >= 0.6 is 0 Å². The van der Waals surface area contributed by atoms with Crippen molar-refractivity contribution in [3.05, 3.63) is 0 Å². The Balaban J connectivity index is 2.03. The molecule has 2 rings (SSSR count). The molecule has 1 heterocycles. The first-order valence-electron chi connectivity index (χ1n) is 4.62. The molecule has 0 bridgehead atoms. The molecule has 0 aromatic rings. The second kappa shape index (κ2) is 3.13. The van der Waals surface area contributed by atoms with Gasteiger partial charge < -0.3 is 5.32 Å². The molecule has 1 aliphatic carbocycles. The van der Waals surface area contributed by atoms with Crippen LogP contribution in [0.4, 0.5) is 13.2 Å². The highest BCUT2D eigenvalue weighted by Crippen LogP contribution is 2.34. The van der Waals surface area contributed by atoms with E-state index in [0.29, 0.717) is 13.1 Å². The normalized spacial score (nSPS) is 32.1. The second-order valence-corrected chi connectivity index (χ2v) is 3.73. The molecule has 76 valence electrons. The molecule has 1 N–H and O–H groups in total. The van der Waals surface area contributed by atoms with Gasteiger partial charge in [0, 0.05) is 25.7 Å². The standard InChI is InChI=1S/C8H13F3N2/c9-8(10,11)7-5-12-3-4-13(7)6-1-2-6/h6-7,12H,1-5H2. The third-order valence-corrected chi connectivity index (χ3v) is 2.68. The van der Waals surface area contributed by atoms with E-state index < -0.39 is 12.2 Å². The monoisotopic (exact) mass is 194 g/mol. The fourth-order valence-electron chi connectivity index (χ4n) is 1.87. The quantitative estimate of drug-likeness (QED) is 0.669. The fourth-order valence-corrected chi connectivity index (χ4v) is 1.87. The van der Waals surface area contributed by atoms with Crippen LogP contribution < -0.4 is 5.32 Å². The zero-order chi connectivity index (χ0) is 9.47. The lowest BCUT2D eigenvalue weighted by atomic mass is 10.2. The minimum atomic E-state index is -4.07. The molecule has 13 heavy (non-hydrogen) atoms. The highest BCUT2D eigenvalue weighted by Gasteiger charge is 2.48. The Hall–Kier alpha value is -0.290. The zero-order valence-electron chi connectivity index (χ0n) is 7.27. The molecule has 0 radical (unpaired) electrons. The van der Waals surface area contributed by atoms with E-state index in [1.807, 2.05) is 0 Å². The van der Waals surface area contributed by atoms with Crippen LogP contribution in [0.3, 0.4) is 0 Å². The molecule has 1 aliphatic heterocycles. The van der Waals surface area contributed by atoms with E-state index in [2.05, 4.69) is 5.32 Å². The van der Waals surface area contributed by atoms with Crippen molar-refractivity contribution in [2.24, 2.45) is 0 Å². The number of alkyl halides is 3. The van der Waals surface area contributed by atoms with E-state index in [0.717, 1.165) is 12.8 Å². The highest BCUT2D eigenvalue weighted by atomic mass is 19.4. The minimum Gasteiger partial charge on any atom is -0.314 e. The first-order valence-corrected chi connectivity index (χ1v) is 4.62. The van der Waals surface area contributed by atoms with E-state index in [1.165, 1.54) is 0 Å². The van der Waals surface area contributed by atoms with E-state index >= 15 is 0 Å². The maximum absolute atomic E-state index is 12.5. The van der Waals surface area contributed by atoms with Crippen molar-refractivity contribution < 1.29 is 13.2 Å². The van der Waals surface area contributed by atoms with E-state index in [9.17, 15) is 13.2 Å². The smallest absolute Gasteiger partial charge is 0.314 e. The number of hydrogen-bond donors (Lipinski definition) is 1. The molecule has 2 fully saturated rings. The van der Waals surface area contributed by atoms with Gasteiger partial charge in [-0.15, -0.1) is 0 Å². The first-order chi connectivity index (χ1) is 6.09. The van der Waals surface area contributed by atoms with Crippen molar-refractivity contribution in [3.63, 3.8) is 0 Å². The second-order valence-electron chi connectivity index (χ2n) is 3.73. The number of nitrogens with zero attached hydrogens (tertiary/aromatic N) is 1. The molecule has 2 nitrogen and oxygen atoms in total. The molecule has 1 atom stereocenters. The lowest BCUT2D eigenvalue weighted by molar-refractivity contribution is -0.188. The predicted molar refractivity (Wildman–Crippen MR) is 42.4 cm³/mol. The van der Waals surface area contributed by atoms with Crippen molar-refractivity contribution in [2.45, 2.75) is 31.1 Å². The summed E-state index contributed by atoms with van der Waals surface area (Å²) in [4.78, 5) is 1.61. The van der Waals surface area contributed by atoms with Gasteiger partial charge in [0.05, 0.1) is 0 Å². The summed E-state index contributed by atoms with van der Waals surface area (Å²) >= 11 is 0. The lowest BCUT2D eigenvalue weighted by Gasteiger charge is -2.37. The maximum Gasteiger partial charge on any atom is 0.405 e. The maximum atomic E-state index is 12.5. The van der Waals surface area contributed by atoms with Crippen LogP contribution in [-0.4, -0.2) is 42.8 Å². The van der Waals surface area contributed by atoms with Gasteiger partial charge >= 0.3 is 6.18 Å². The van der Waals surface area contributed by atoms with Crippen molar-refractivity contribution in [2.75, 3.05) is 19.6 Å². The Morgan fingerprint density at radius 3 is 2.46 bits per heavy atom. The summed E-state index contributed by atoms with van der Waals surface area (Å²) in [7, 11) is 0. The molecule has 1 saturated heterocycles. The van der Waals surface area contributed by atoms with Gasteiger partial charge in [0.1, 0.15) is 6.04 Å². The number of piperazine rings is 1. The Morgan fingerprint density at radius 2 is 1.92 bits per heavy atom. The number of halogens is 3. The molecule has 0 aromatic heterocycles. The molecular formula is C8H13F3N2. The third-order valence-electron chi connectivity index (χ3n) is 2.68. The fraction of sp³-hybridized carbons (Fsp3) is 1.00. The van der Waals surface area contributed by atoms with E-state index in [4.69, 9.17) is 0 Å².